The van der Waals surface area contributed by atoms with Crippen LogP contribution in [0.5, 0.6) is 0 Å². The van der Waals surface area contributed by atoms with E-state index >= 15 is 0 Å². The number of nitrogens with zero attached hydrogens (tertiary/aromatic N) is 2. The van der Waals surface area contributed by atoms with E-state index in [0.717, 1.165) is 5.69 Å². The Balaban J connectivity index is 2.36. The maximum atomic E-state index is 6.05. The van der Waals surface area contributed by atoms with Crippen LogP contribution in [-0.2, 0) is 0 Å². The van der Waals surface area contributed by atoms with E-state index < -0.39 is 0 Å². The van der Waals surface area contributed by atoms with Crippen LogP contribution in [0.15, 0.2) is 18.2 Å². The third-order valence-corrected chi connectivity index (χ3v) is 3.30. The molecule has 7 heteroatoms. The highest BCUT2D eigenvalue weighted by Crippen LogP contribution is 2.33. The lowest BCUT2D eigenvalue weighted by Gasteiger charge is -2.09. The molecule has 0 spiro atoms. The minimum absolute atomic E-state index is 0.161. The van der Waals surface area contributed by atoms with Crippen LogP contribution in [0.3, 0.4) is 0 Å². The van der Waals surface area contributed by atoms with E-state index in [0.29, 0.717) is 26.6 Å². The Kier molecular flexibility index (Phi) is 4.17. The molecule has 0 aliphatic carbocycles. The highest BCUT2D eigenvalue weighted by Gasteiger charge is 2.08. The number of hydrogen-bond donors (Lipinski definition) is 1. The van der Waals surface area contributed by atoms with Crippen LogP contribution in [0.1, 0.15) is 5.69 Å². The first kappa shape index (κ1) is 13.7. The summed E-state index contributed by atoms with van der Waals surface area (Å²) >= 11 is 23.6. The quantitative estimate of drug-likeness (QED) is 0.614. The summed E-state index contributed by atoms with van der Waals surface area (Å²) in [5, 5.41) is 4.41. The molecule has 2 rings (SSSR count). The van der Waals surface area contributed by atoms with Crippen molar-refractivity contribution in [2.75, 3.05) is 5.32 Å². The Labute approximate surface area is 124 Å². The Morgan fingerprint density at radius 1 is 0.889 bits per heavy atom. The maximum Gasteiger partial charge on any atom is 0.224 e. The number of hydrogen-bond acceptors (Lipinski definition) is 3. The summed E-state index contributed by atoms with van der Waals surface area (Å²) in [5.74, 6) is 0.535. The predicted octanol–water partition coefficient (Wildman–Crippen LogP) is 5.14. The maximum absolute atomic E-state index is 6.05. The fraction of sp³-hybridized carbons (Fsp3) is 0.0909. The summed E-state index contributed by atoms with van der Waals surface area (Å²) in [5.41, 5.74) is 1.34. The smallest absolute Gasteiger partial charge is 0.224 e. The monoisotopic (exact) mass is 321 g/mol. The van der Waals surface area contributed by atoms with Gasteiger partial charge in [0.2, 0.25) is 5.28 Å². The summed E-state index contributed by atoms with van der Waals surface area (Å²) in [4.78, 5) is 8.00. The zero-order valence-corrected chi connectivity index (χ0v) is 12.2. The van der Waals surface area contributed by atoms with Gasteiger partial charge in [-0.2, -0.15) is 0 Å². The lowest BCUT2D eigenvalue weighted by molar-refractivity contribution is 1.10. The van der Waals surface area contributed by atoms with E-state index in [1.54, 1.807) is 18.2 Å². The van der Waals surface area contributed by atoms with Gasteiger partial charge in [-0.25, -0.2) is 9.97 Å². The number of rotatable bonds is 2. The van der Waals surface area contributed by atoms with Gasteiger partial charge in [-0.05, 0) is 30.7 Å². The van der Waals surface area contributed by atoms with E-state index in [1.165, 1.54) is 0 Å². The van der Waals surface area contributed by atoms with Gasteiger partial charge >= 0.3 is 0 Å². The third-order valence-electron chi connectivity index (χ3n) is 2.10. The van der Waals surface area contributed by atoms with Gasteiger partial charge in [-0.3, -0.25) is 0 Å². The van der Waals surface area contributed by atoms with Crippen molar-refractivity contribution in [3.8, 4) is 0 Å². The molecule has 3 nitrogen and oxygen atoms in total. The molecule has 0 fully saturated rings. The minimum atomic E-state index is 0.161. The average Bonchev–Trinajstić information content (AvgIpc) is 2.24. The van der Waals surface area contributed by atoms with Gasteiger partial charge in [0, 0.05) is 11.8 Å². The van der Waals surface area contributed by atoms with E-state index in [2.05, 4.69) is 15.3 Å². The van der Waals surface area contributed by atoms with E-state index in [4.69, 9.17) is 46.4 Å². The van der Waals surface area contributed by atoms with Gasteiger partial charge < -0.3 is 5.32 Å². The molecule has 0 unspecified atom stereocenters. The molecule has 1 aromatic carbocycles. The van der Waals surface area contributed by atoms with Crippen molar-refractivity contribution in [2.24, 2.45) is 0 Å². The van der Waals surface area contributed by atoms with E-state index in [-0.39, 0.29) is 5.28 Å². The first-order valence-electron chi connectivity index (χ1n) is 4.88. The molecule has 0 amide bonds. The Hall–Kier alpha value is -0.740. The second kappa shape index (κ2) is 5.49. The lowest BCUT2D eigenvalue weighted by Crippen LogP contribution is -1.97. The van der Waals surface area contributed by atoms with Crippen LogP contribution in [0.2, 0.25) is 20.4 Å². The van der Waals surface area contributed by atoms with Crippen molar-refractivity contribution in [1.82, 2.24) is 9.97 Å². The normalized spacial score (nSPS) is 10.5. The van der Waals surface area contributed by atoms with Gasteiger partial charge in [-0.1, -0.05) is 34.8 Å². The second-order valence-electron chi connectivity index (χ2n) is 3.53. The summed E-state index contributed by atoms with van der Waals surface area (Å²) in [6.45, 7) is 1.81. The second-order valence-corrected chi connectivity index (χ2v) is 5.09. The molecule has 0 aliphatic heterocycles. The largest absolute Gasteiger partial charge is 0.339 e. The SMILES string of the molecule is Cc1cc(Nc2cc(Cl)c(Cl)cc2Cl)nc(Cl)n1. The molecule has 18 heavy (non-hydrogen) atoms. The van der Waals surface area contributed by atoms with Crippen molar-refractivity contribution in [3.05, 3.63) is 44.2 Å². The molecular weight excluding hydrogens is 316 g/mol. The van der Waals surface area contributed by atoms with Gasteiger partial charge in [0.1, 0.15) is 5.82 Å². The molecule has 0 aliphatic rings. The molecule has 0 radical (unpaired) electrons. The van der Waals surface area contributed by atoms with Crippen LogP contribution in [0.4, 0.5) is 11.5 Å². The standard InChI is InChI=1S/C11H7Cl4N3/c1-5-2-10(18-11(15)16-5)17-9-4-7(13)6(12)3-8(9)14/h2-4H,1H3,(H,16,17,18). The van der Waals surface area contributed by atoms with E-state index in [1.807, 2.05) is 6.92 Å². The topological polar surface area (TPSA) is 37.8 Å². The number of aryl methyl sites for hydroxylation is 1. The fourth-order valence-corrected chi connectivity index (χ4v) is 2.17. The van der Waals surface area contributed by atoms with Crippen molar-refractivity contribution in [3.63, 3.8) is 0 Å². The van der Waals surface area contributed by atoms with Crippen molar-refractivity contribution in [2.45, 2.75) is 6.92 Å². The molecular formula is C11H7Cl4N3. The summed E-state index contributed by atoms with van der Waals surface area (Å²) < 4.78 is 0. The molecule has 0 bridgehead atoms. The molecule has 0 atom stereocenters. The first-order chi connectivity index (χ1) is 8.45. The Morgan fingerprint density at radius 3 is 2.22 bits per heavy atom. The van der Waals surface area contributed by atoms with Gasteiger partial charge in [0.25, 0.3) is 0 Å². The molecule has 2 aromatic rings. The van der Waals surface area contributed by atoms with Crippen molar-refractivity contribution < 1.29 is 0 Å². The molecule has 94 valence electrons. The molecule has 1 heterocycles. The molecule has 0 saturated carbocycles. The number of anilines is 2. The van der Waals surface area contributed by atoms with Gasteiger partial charge in [0.15, 0.2) is 0 Å². The van der Waals surface area contributed by atoms with Gasteiger partial charge in [0.05, 0.1) is 20.8 Å². The molecule has 1 N–H and O–H groups in total. The van der Waals surface area contributed by atoms with Crippen molar-refractivity contribution >= 4 is 57.9 Å². The first-order valence-corrected chi connectivity index (χ1v) is 6.39. The number of aromatic nitrogens is 2. The zero-order valence-electron chi connectivity index (χ0n) is 9.14. The fourth-order valence-electron chi connectivity index (χ4n) is 1.35. The van der Waals surface area contributed by atoms with Crippen molar-refractivity contribution in [1.29, 1.82) is 0 Å². The lowest BCUT2D eigenvalue weighted by atomic mass is 10.3. The highest BCUT2D eigenvalue weighted by molar-refractivity contribution is 6.44. The Bertz CT molecular complexity index is 581. The summed E-state index contributed by atoms with van der Waals surface area (Å²) in [6, 6.07) is 4.92. The highest BCUT2D eigenvalue weighted by atomic mass is 35.5. The van der Waals surface area contributed by atoms with E-state index in [9.17, 15) is 0 Å². The van der Waals surface area contributed by atoms with Crippen LogP contribution in [-0.4, -0.2) is 9.97 Å². The van der Waals surface area contributed by atoms with Gasteiger partial charge in [-0.15, -0.1) is 0 Å². The van der Waals surface area contributed by atoms with Crippen LogP contribution in [0.25, 0.3) is 0 Å². The van der Waals surface area contributed by atoms with Crippen LogP contribution in [0, 0.1) is 6.92 Å². The van der Waals surface area contributed by atoms with Crippen LogP contribution < -0.4 is 5.32 Å². The summed E-state index contributed by atoms with van der Waals surface area (Å²) in [6.07, 6.45) is 0. The molecule has 1 aromatic heterocycles. The summed E-state index contributed by atoms with van der Waals surface area (Å²) in [7, 11) is 0. The third kappa shape index (κ3) is 3.18. The minimum Gasteiger partial charge on any atom is -0.339 e. The zero-order chi connectivity index (χ0) is 13.3. The number of halogens is 4. The number of nitrogens with one attached hydrogen (secondary N) is 1. The average molecular weight is 323 g/mol. The molecule has 0 saturated heterocycles. The predicted molar refractivity (Wildman–Crippen MR) is 76.5 cm³/mol. The Morgan fingerprint density at radius 2 is 1.56 bits per heavy atom. The number of benzene rings is 1. The van der Waals surface area contributed by atoms with Crippen LogP contribution >= 0.6 is 46.4 Å².